The Morgan fingerprint density at radius 3 is 2.50 bits per heavy atom. The van der Waals surface area contributed by atoms with Gasteiger partial charge in [-0.25, -0.2) is 0 Å². The van der Waals surface area contributed by atoms with Crippen LogP contribution in [0, 0.1) is 11.3 Å². The van der Waals surface area contributed by atoms with Crippen molar-refractivity contribution in [3.05, 3.63) is 0 Å². The van der Waals surface area contributed by atoms with Crippen molar-refractivity contribution >= 4 is 5.97 Å². The largest absolute Gasteiger partial charge is 0.481 e. The molecule has 3 heteroatoms. The maximum absolute atomic E-state index is 11.1. The molecule has 1 saturated heterocycles. The van der Waals surface area contributed by atoms with Crippen molar-refractivity contribution in [2.24, 2.45) is 11.3 Å². The van der Waals surface area contributed by atoms with Crippen LogP contribution in [0.4, 0.5) is 0 Å². The first-order valence-electron chi connectivity index (χ1n) is 6.60. The minimum Gasteiger partial charge on any atom is -0.481 e. The minimum absolute atomic E-state index is 0.149. The number of carboxylic acids is 1. The summed E-state index contributed by atoms with van der Waals surface area (Å²) in [4.78, 5) is 13.4. The molecule has 2 fully saturated rings. The van der Waals surface area contributed by atoms with Crippen molar-refractivity contribution in [3.63, 3.8) is 0 Å². The smallest absolute Gasteiger partial charge is 0.307 e. The van der Waals surface area contributed by atoms with Crippen molar-refractivity contribution in [2.45, 2.75) is 45.4 Å². The Morgan fingerprint density at radius 1 is 1.38 bits per heavy atom. The van der Waals surface area contributed by atoms with E-state index in [2.05, 4.69) is 11.8 Å². The van der Waals surface area contributed by atoms with Gasteiger partial charge in [0.1, 0.15) is 0 Å². The molecular weight excluding hydrogens is 202 g/mol. The molecule has 1 heterocycles. The van der Waals surface area contributed by atoms with Crippen LogP contribution in [0.15, 0.2) is 0 Å². The molecule has 3 nitrogen and oxygen atoms in total. The van der Waals surface area contributed by atoms with Gasteiger partial charge in [0.25, 0.3) is 0 Å². The van der Waals surface area contributed by atoms with Crippen LogP contribution in [-0.4, -0.2) is 35.6 Å². The van der Waals surface area contributed by atoms with Crippen molar-refractivity contribution in [3.8, 4) is 0 Å². The second-order valence-electron chi connectivity index (χ2n) is 5.70. The van der Waals surface area contributed by atoms with E-state index in [0.717, 1.165) is 32.5 Å². The number of carboxylic acid groups (broad SMARTS) is 1. The molecule has 1 unspecified atom stereocenters. The fourth-order valence-corrected chi connectivity index (χ4v) is 3.43. The average Bonchev–Trinajstić information content (AvgIpc) is 2.65. The second kappa shape index (κ2) is 4.74. The Bertz CT molecular complexity index is 251. The molecule has 0 aromatic rings. The second-order valence-corrected chi connectivity index (χ2v) is 5.70. The number of likely N-dealkylation sites (tertiary alicyclic amines) is 1. The average molecular weight is 225 g/mol. The summed E-state index contributed by atoms with van der Waals surface area (Å²) in [5.74, 6) is -0.766. The molecule has 16 heavy (non-hydrogen) atoms. The summed E-state index contributed by atoms with van der Waals surface area (Å²) < 4.78 is 0. The first kappa shape index (κ1) is 11.9. The Labute approximate surface area is 97.8 Å². The van der Waals surface area contributed by atoms with Gasteiger partial charge in [-0.2, -0.15) is 0 Å². The highest BCUT2D eigenvalue weighted by Crippen LogP contribution is 2.45. The molecule has 0 amide bonds. The molecule has 1 N–H and O–H groups in total. The van der Waals surface area contributed by atoms with E-state index in [1.165, 1.54) is 25.7 Å². The van der Waals surface area contributed by atoms with Gasteiger partial charge in [0.15, 0.2) is 0 Å². The van der Waals surface area contributed by atoms with E-state index >= 15 is 0 Å². The van der Waals surface area contributed by atoms with Crippen LogP contribution >= 0.6 is 0 Å². The lowest BCUT2D eigenvalue weighted by molar-refractivity contribution is -0.144. The van der Waals surface area contributed by atoms with Crippen LogP contribution in [0.2, 0.25) is 0 Å². The maximum Gasteiger partial charge on any atom is 0.307 e. The van der Waals surface area contributed by atoms with Crippen molar-refractivity contribution < 1.29 is 9.90 Å². The van der Waals surface area contributed by atoms with E-state index in [-0.39, 0.29) is 5.92 Å². The first-order chi connectivity index (χ1) is 7.65. The summed E-state index contributed by atoms with van der Waals surface area (Å²) in [7, 11) is 0. The van der Waals surface area contributed by atoms with E-state index in [1.54, 1.807) is 0 Å². The Hall–Kier alpha value is -0.570. The third kappa shape index (κ3) is 2.40. The molecule has 1 atom stereocenters. The fourth-order valence-electron chi connectivity index (χ4n) is 3.43. The third-order valence-electron chi connectivity index (χ3n) is 4.25. The standard InChI is InChI=1S/C13H23NO2/c1-2-5-11(12(15)16)8-14-9-13(10-14)6-3-4-7-13/h11H,2-10H2,1H3,(H,15,16). The lowest BCUT2D eigenvalue weighted by atomic mass is 9.78. The van der Waals surface area contributed by atoms with Gasteiger partial charge in [-0.05, 0) is 24.7 Å². The molecule has 1 spiro atoms. The molecule has 92 valence electrons. The minimum atomic E-state index is -0.616. The summed E-state index contributed by atoms with van der Waals surface area (Å²) >= 11 is 0. The maximum atomic E-state index is 11.1. The molecule has 0 aromatic carbocycles. The molecule has 1 aliphatic heterocycles. The van der Waals surface area contributed by atoms with E-state index in [4.69, 9.17) is 5.11 Å². The van der Waals surface area contributed by atoms with Crippen molar-refractivity contribution in [1.29, 1.82) is 0 Å². The Morgan fingerprint density at radius 2 is 2.00 bits per heavy atom. The van der Waals surface area contributed by atoms with Gasteiger partial charge < -0.3 is 10.0 Å². The van der Waals surface area contributed by atoms with Crippen LogP contribution < -0.4 is 0 Å². The molecule has 0 radical (unpaired) electrons. The molecule has 2 rings (SSSR count). The van der Waals surface area contributed by atoms with Crippen LogP contribution in [0.3, 0.4) is 0 Å². The molecule has 0 bridgehead atoms. The molecule has 0 aromatic heterocycles. The van der Waals surface area contributed by atoms with E-state index in [1.807, 2.05) is 0 Å². The summed E-state index contributed by atoms with van der Waals surface area (Å²) in [6.07, 6.45) is 7.29. The van der Waals surface area contributed by atoms with E-state index in [0.29, 0.717) is 5.41 Å². The number of hydrogen-bond acceptors (Lipinski definition) is 2. The first-order valence-corrected chi connectivity index (χ1v) is 6.60. The highest BCUT2D eigenvalue weighted by atomic mass is 16.4. The van der Waals surface area contributed by atoms with Crippen LogP contribution in [0.1, 0.15) is 45.4 Å². The highest BCUT2D eigenvalue weighted by molar-refractivity contribution is 5.70. The van der Waals surface area contributed by atoms with Gasteiger partial charge >= 0.3 is 5.97 Å². The highest BCUT2D eigenvalue weighted by Gasteiger charge is 2.45. The monoisotopic (exact) mass is 225 g/mol. The van der Waals surface area contributed by atoms with Gasteiger partial charge in [-0.15, -0.1) is 0 Å². The molecule has 2 aliphatic rings. The zero-order chi connectivity index (χ0) is 11.6. The van der Waals surface area contributed by atoms with Gasteiger partial charge in [0.05, 0.1) is 5.92 Å². The summed E-state index contributed by atoms with van der Waals surface area (Å²) in [5.41, 5.74) is 0.593. The van der Waals surface area contributed by atoms with Gasteiger partial charge in [0.2, 0.25) is 0 Å². The van der Waals surface area contributed by atoms with Crippen LogP contribution in [0.25, 0.3) is 0 Å². The van der Waals surface area contributed by atoms with Crippen molar-refractivity contribution in [2.75, 3.05) is 19.6 Å². The number of aliphatic carboxylic acids is 1. The predicted molar refractivity (Wildman–Crippen MR) is 63.4 cm³/mol. The quantitative estimate of drug-likeness (QED) is 0.781. The van der Waals surface area contributed by atoms with E-state index in [9.17, 15) is 4.79 Å². The van der Waals surface area contributed by atoms with Crippen molar-refractivity contribution in [1.82, 2.24) is 4.90 Å². The zero-order valence-electron chi connectivity index (χ0n) is 10.2. The molecule has 1 aliphatic carbocycles. The Kier molecular flexibility index (Phi) is 3.53. The zero-order valence-corrected chi connectivity index (χ0v) is 10.2. The SMILES string of the molecule is CCCC(CN1CC2(CCCC2)C1)C(=O)O. The van der Waals surface area contributed by atoms with Gasteiger partial charge in [-0.1, -0.05) is 26.2 Å². The summed E-state index contributed by atoms with van der Waals surface area (Å²) in [6, 6.07) is 0. The van der Waals surface area contributed by atoms with Crippen LogP contribution in [-0.2, 0) is 4.79 Å². The van der Waals surface area contributed by atoms with Gasteiger partial charge in [-0.3, -0.25) is 4.79 Å². The van der Waals surface area contributed by atoms with E-state index < -0.39 is 5.97 Å². The molecular formula is C13H23NO2. The normalized spacial score (nSPS) is 25.6. The topological polar surface area (TPSA) is 40.5 Å². The number of nitrogens with zero attached hydrogens (tertiary/aromatic N) is 1. The summed E-state index contributed by atoms with van der Waals surface area (Å²) in [6.45, 7) is 5.14. The molecule has 1 saturated carbocycles. The number of carbonyl (C=O) groups is 1. The van der Waals surface area contributed by atoms with Crippen LogP contribution in [0.5, 0.6) is 0 Å². The fraction of sp³-hybridized carbons (Fsp3) is 0.923. The Balaban J connectivity index is 1.76. The predicted octanol–water partition coefficient (Wildman–Crippen LogP) is 2.36. The number of hydrogen-bond donors (Lipinski definition) is 1. The lowest BCUT2D eigenvalue weighted by Gasteiger charge is -2.49. The van der Waals surface area contributed by atoms with Gasteiger partial charge in [0, 0.05) is 19.6 Å². The summed E-state index contributed by atoms with van der Waals surface area (Å²) in [5, 5.41) is 9.10. The lowest BCUT2D eigenvalue weighted by Crippen LogP contribution is -2.56. The number of rotatable bonds is 5. The third-order valence-corrected chi connectivity index (χ3v) is 4.25.